The summed E-state index contributed by atoms with van der Waals surface area (Å²) < 4.78 is 23.0. The number of benzene rings is 1. The molecule has 0 spiro atoms. The van der Waals surface area contributed by atoms with Gasteiger partial charge in [-0.05, 0) is 62.5 Å². The van der Waals surface area contributed by atoms with Crippen LogP contribution in [0.1, 0.15) is 26.2 Å². The van der Waals surface area contributed by atoms with Gasteiger partial charge in [-0.25, -0.2) is 8.42 Å². The third kappa shape index (κ3) is 4.71. The number of nitrogens with one attached hydrogen (secondary N) is 1. The third-order valence-electron chi connectivity index (χ3n) is 4.01. The van der Waals surface area contributed by atoms with Gasteiger partial charge in [0.15, 0.2) is 9.84 Å². The van der Waals surface area contributed by atoms with Crippen molar-refractivity contribution in [1.29, 1.82) is 0 Å². The lowest BCUT2D eigenvalue weighted by Crippen LogP contribution is -2.39. The van der Waals surface area contributed by atoms with Crippen LogP contribution in [0.15, 0.2) is 29.2 Å². The molecule has 1 aromatic rings. The summed E-state index contributed by atoms with van der Waals surface area (Å²) >= 11 is 0. The van der Waals surface area contributed by atoms with Crippen molar-refractivity contribution in [3.63, 3.8) is 0 Å². The lowest BCUT2D eigenvalue weighted by molar-refractivity contribution is 0.392. The standard InChI is InChI=1S/C16H26N2O2S/c1-3-10-17-12-14-5-4-11-18(13-14)15-6-8-16(9-7-15)21(2,19)20/h6-9,14,17H,3-5,10-13H2,1-2H3. The molecule has 0 aromatic heterocycles. The summed E-state index contributed by atoms with van der Waals surface area (Å²) in [6, 6.07) is 7.28. The fraction of sp³-hybridized carbons (Fsp3) is 0.625. The minimum absolute atomic E-state index is 0.393. The molecule has 1 aliphatic heterocycles. The smallest absolute Gasteiger partial charge is 0.175 e. The Labute approximate surface area is 128 Å². The van der Waals surface area contributed by atoms with Gasteiger partial charge in [-0.1, -0.05) is 6.92 Å². The molecule has 1 aromatic carbocycles. The number of anilines is 1. The first-order valence-corrected chi connectivity index (χ1v) is 9.65. The van der Waals surface area contributed by atoms with Crippen molar-refractivity contribution in [1.82, 2.24) is 5.32 Å². The molecule has 5 heteroatoms. The van der Waals surface area contributed by atoms with Crippen LogP contribution in [0.2, 0.25) is 0 Å². The van der Waals surface area contributed by atoms with Crippen molar-refractivity contribution in [3.8, 4) is 0 Å². The Bertz CT molecular complexity index is 540. The van der Waals surface area contributed by atoms with Gasteiger partial charge in [-0.2, -0.15) is 0 Å². The van der Waals surface area contributed by atoms with Crippen LogP contribution < -0.4 is 10.2 Å². The molecule has 4 nitrogen and oxygen atoms in total. The largest absolute Gasteiger partial charge is 0.371 e. The molecule has 1 aliphatic rings. The zero-order valence-corrected chi connectivity index (χ0v) is 13.8. The average molecular weight is 310 g/mol. The van der Waals surface area contributed by atoms with Crippen LogP contribution >= 0.6 is 0 Å². The zero-order chi connectivity index (χ0) is 15.3. The van der Waals surface area contributed by atoms with Crippen LogP contribution in [0.3, 0.4) is 0 Å². The Hall–Kier alpha value is -1.07. The number of nitrogens with zero attached hydrogens (tertiary/aromatic N) is 1. The predicted octanol–water partition coefficient (Wildman–Crippen LogP) is 2.31. The number of rotatable bonds is 6. The molecule has 1 heterocycles. The molecule has 1 fully saturated rings. The maximum Gasteiger partial charge on any atom is 0.175 e. The number of hydrogen-bond acceptors (Lipinski definition) is 4. The van der Waals surface area contributed by atoms with Gasteiger partial charge in [0.25, 0.3) is 0 Å². The zero-order valence-electron chi connectivity index (χ0n) is 13.0. The van der Waals surface area contributed by atoms with Gasteiger partial charge in [0.05, 0.1) is 4.90 Å². The van der Waals surface area contributed by atoms with E-state index in [1.165, 1.54) is 25.5 Å². The minimum atomic E-state index is -3.10. The molecule has 0 radical (unpaired) electrons. The van der Waals surface area contributed by atoms with Crippen molar-refractivity contribution in [2.75, 3.05) is 37.3 Å². The van der Waals surface area contributed by atoms with E-state index in [1.54, 1.807) is 12.1 Å². The SMILES string of the molecule is CCCNCC1CCCN(c2ccc(S(C)(=O)=O)cc2)C1. The van der Waals surface area contributed by atoms with E-state index < -0.39 is 9.84 Å². The van der Waals surface area contributed by atoms with Crippen molar-refractivity contribution in [2.24, 2.45) is 5.92 Å². The van der Waals surface area contributed by atoms with Crippen molar-refractivity contribution in [3.05, 3.63) is 24.3 Å². The van der Waals surface area contributed by atoms with E-state index in [0.717, 1.165) is 31.9 Å². The second-order valence-electron chi connectivity index (χ2n) is 5.92. The van der Waals surface area contributed by atoms with Crippen molar-refractivity contribution in [2.45, 2.75) is 31.1 Å². The summed E-state index contributed by atoms with van der Waals surface area (Å²) in [6.07, 6.45) is 4.89. The summed E-state index contributed by atoms with van der Waals surface area (Å²) in [5, 5.41) is 3.50. The average Bonchev–Trinajstić information content (AvgIpc) is 2.47. The molecule has 0 bridgehead atoms. The molecule has 21 heavy (non-hydrogen) atoms. The molecule has 1 unspecified atom stereocenters. The van der Waals surface area contributed by atoms with E-state index in [-0.39, 0.29) is 0 Å². The van der Waals surface area contributed by atoms with Crippen LogP contribution in [0, 0.1) is 5.92 Å². The first kappa shape index (κ1) is 16.3. The van der Waals surface area contributed by atoms with E-state index >= 15 is 0 Å². The molecular weight excluding hydrogens is 284 g/mol. The lowest BCUT2D eigenvalue weighted by Gasteiger charge is -2.34. The Morgan fingerprint density at radius 2 is 2.00 bits per heavy atom. The van der Waals surface area contributed by atoms with Gasteiger partial charge in [-0.3, -0.25) is 0 Å². The van der Waals surface area contributed by atoms with Gasteiger partial charge < -0.3 is 10.2 Å². The van der Waals surface area contributed by atoms with Gasteiger partial charge >= 0.3 is 0 Å². The van der Waals surface area contributed by atoms with E-state index in [9.17, 15) is 8.42 Å². The Balaban J connectivity index is 1.97. The first-order chi connectivity index (χ1) is 10.0. The van der Waals surface area contributed by atoms with E-state index in [0.29, 0.717) is 10.8 Å². The molecule has 0 aliphatic carbocycles. The summed E-state index contributed by atoms with van der Waals surface area (Å²) in [5.74, 6) is 0.680. The highest BCUT2D eigenvalue weighted by Crippen LogP contribution is 2.24. The minimum Gasteiger partial charge on any atom is -0.371 e. The number of sulfone groups is 1. The van der Waals surface area contributed by atoms with Gasteiger partial charge in [0.1, 0.15) is 0 Å². The predicted molar refractivity (Wildman–Crippen MR) is 87.6 cm³/mol. The van der Waals surface area contributed by atoms with Crippen LogP contribution in [-0.2, 0) is 9.84 Å². The highest BCUT2D eigenvalue weighted by Gasteiger charge is 2.20. The maximum absolute atomic E-state index is 11.5. The summed E-state index contributed by atoms with van der Waals surface area (Å²) in [5.41, 5.74) is 1.13. The van der Waals surface area contributed by atoms with Crippen molar-refractivity contribution >= 4 is 15.5 Å². The van der Waals surface area contributed by atoms with Gasteiger partial charge in [0.2, 0.25) is 0 Å². The van der Waals surface area contributed by atoms with Crippen LogP contribution in [-0.4, -0.2) is 40.9 Å². The van der Waals surface area contributed by atoms with Crippen molar-refractivity contribution < 1.29 is 8.42 Å². The Morgan fingerprint density at radius 1 is 1.29 bits per heavy atom. The number of piperidine rings is 1. The molecule has 1 N–H and O–H groups in total. The van der Waals surface area contributed by atoms with Gasteiger partial charge in [-0.15, -0.1) is 0 Å². The molecular formula is C16H26N2O2S. The Morgan fingerprint density at radius 3 is 2.62 bits per heavy atom. The molecule has 0 saturated carbocycles. The summed E-state index contributed by atoms with van der Waals surface area (Å²) in [7, 11) is -3.10. The van der Waals surface area contributed by atoms with E-state index in [2.05, 4.69) is 17.1 Å². The quantitative estimate of drug-likeness (QED) is 0.819. The lowest BCUT2D eigenvalue weighted by atomic mass is 9.97. The molecule has 118 valence electrons. The monoisotopic (exact) mass is 310 g/mol. The molecule has 0 amide bonds. The molecule has 1 atom stereocenters. The Kier molecular flexibility index (Phi) is 5.65. The second kappa shape index (κ2) is 7.27. The molecule has 1 saturated heterocycles. The summed E-state index contributed by atoms with van der Waals surface area (Å²) in [6.45, 7) is 6.45. The van der Waals surface area contributed by atoms with E-state index in [1.807, 2.05) is 12.1 Å². The fourth-order valence-electron chi connectivity index (χ4n) is 2.85. The molecule has 2 rings (SSSR count). The highest BCUT2D eigenvalue weighted by atomic mass is 32.2. The first-order valence-electron chi connectivity index (χ1n) is 7.76. The second-order valence-corrected chi connectivity index (χ2v) is 7.94. The topological polar surface area (TPSA) is 49.4 Å². The maximum atomic E-state index is 11.5. The van der Waals surface area contributed by atoms with Crippen LogP contribution in [0.4, 0.5) is 5.69 Å². The number of hydrogen-bond donors (Lipinski definition) is 1. The fourth-order valence-corrected chi connectivity index (χ4v) is 3.48. The van der Waals surface area contributed by atoms with E-state index in [4.69, 9.17) is 0 Å². The van der Waals surface area contributed by atoms with Gasteiger partial charge in [0, 0.05) is 25.0 Å². The highest BCUT2D eigenvalue weighted by molar-refractivity contribution is 7.90. The summed E-state index contributed by atoms with van der Waals surface area (Å²) in [4.78, 5) is 2.76. The van der Waals surface area contributed by atoms with Crippen LogP contribution in [0.5, 0.6) is 0 Å². The normalized spacial score (nSPS) is 19.7. The van der Waals surface area contributed by atoms with Crippen LogP contribution in [0.25, 0.3) is 0 Å². The third-order valence-corrected chi connectivity index (χ3v) is 5.14.